The van der Waals surface area contributed by atoms with Gasteiger partial charge in [0, 0.05) is 41.4 Å². The van der Waals surface area contributed by atoms with Crippen LogP contribution in [0.15, 0.2) is 96.4 Å². The zero-order valence-electron chi connectivity index (χ0n) is 24.9. The van der Waals surface area contributed by atoms with Gasteiger partial charge in [-0.15, -0.1) is 11.3 Å². The zero-order valence-corrected chi connectivity index (χ0v) is 27.2. The predicted octanol–water partition coefficient (Wildman–Crippen LogP) is 9.41. The second-order valence-corrected chi connectivity index (χ2v) is 13.7. The number of carbonyl (C=O) groups excluding carboxylic acids is 2. The van der Waals surface area contributed by atoms with Crippen molar-refractivity contribution in [3.05, 3.63) is 140 Å². The number of rotatable bonds is 7. The maximum absolute atomic E-state index is 14.1. The van der Waals surface area contributed by atoms with Crippen molar-refractivity contribution >= 4 is 51.5 Å². The lowest BCUT2D eigenvalue weighted by molar-refractivity contribution is -0.126. The highest BCUT2D eigenvalue weighted by Crippen LogP contribution is 2.61. The van der Waals surface area contributed by atoms with Gasteiger partial charge in [0.15, 0.2) is 5.13 Å². The van der Waals surface area contributed by atoms with E-state index in [1.807, 2.05) is 42.6 Å². The van der Waals surface area contributed by atoms with Gasteiger partial charge >= 0.3 is 0 Å². The van der Waals surface area contributed by atoms with E-state index in [1.165, 1.54) is 33.6 Å². The number of hydrogen-bond donors (Lipinski definition) is 1. The molecule has 8 heteroatoms. The lowest BCUT2D eigenvalue weighted by Crippen LogP contribution is -2.47. The Hall–Kier alpha value is -3.97. The minimum Gasteiger partial charge on any atom is -0.335 e. The van der Waals surface area contributed by atoms with E-state index in [9.17, 15) is 9.59 Å². The average Bonchev–Trinajstić information content (AvgIpc) is 3.53. The Morgan fingerprint density at radius 1 is 0.911 bits per heavy atom. The van der Waals surface area contributed by atoms with E-state index in [2.05, 4.69) is 60.8 Å². The first-order valence-electron chi connectivity index (χ1n) is 15.0. The molecule has 3 aliphatic rings. The first kappa shape index (κ1) is 29.7. The van der Waals surface area contributed by atoms with Crippen molar-refractivity contribution in [3.8, 4) is 11.3 Å². The fourth-order valence-electron chi connectivity index (χ4n) is 7.07. The molecule has 226 valence electrons. The Bertz CT molecular complexity index is 1910. The van der Waals surface area contributed by atoms with Gasteiger partial charge in [-0.05, 0) is 72.4 Å². The van der Waals surface area contributed by atoms with Crippen LogP contribution in [0.4, 0.5) is 5.13 Å². The summed E-state index contributed by atoms with van der Waals surface area (Å²) in [6, 6.07) is 30.0. The number of benzene rings is 4. The van der Waals surface area contributed by atoms with Crippen molar-refractivity contribution in [1.29, 1.82) is 0 Å². The molecule has 0 saturated carbocycles. The SMILES string of the molecule is CCN(Cc1ccc(Cl)c(Cl)c1)C(=O)c1cccc(-c2csc(NC(=O)C3(C)CC4c5ccccc5C3c3ccccc34)n2)c1. The largest absolute Gasteiger partial charge is 0.335 e. The van der Waals surface area contributed by atoms with Crippen LogP contribution in [0.5, 0.6) is 0 Å². The van der Waals surface area contributed by atoms with Crippen molar-refractivity contribution in [2.75, 3.05) is 11.9 Å². The number of anilines is 1. The Morgan fingerprint density at radius 2 is 1.60 bits per heavy atom. The third-order valence-electron chi connectivity index (χ3n) is 9.31. The van der Waals surface area contributed by atoms with Crippen LogP contribution >= 0.6 is 34.5 Å². The summed E-state index contributed by atoms with van der Waals surface area (Å²) < 4.78 is 0. The molecule has 0 fully saturated rings. The zero-order chi connectivity index (χ0) is 31.3. The number of carbonyl (C=O) groups is 2. The fraction of sp³-hybridized carbons (Fsp3) is 0.216. The van der Waals surface area contributed by atoms with Crippen LogP contribution in [-0.2, 0) is 11.3 Å². The molecule has 8 rings (SSSR count). The maximum Gasteiger partial charge on any atom is 0.254 e. The lowest BCUT2D eigenvalue weighted by atomic mass is 9.52. The summed E-state index contributed by atoms with van der Waals surface area (Å²) in [5, 5.41) is 6.58. The molecule has 1 atom stereocenters. The summed E-state index contributed by atoms with van der Waals surface area (Å²) in [6.45, 7) is 4.99. The third-order valence-corrected chi connectivity index (χ3v) is 10.8. The van der Waals surface area contributed by atoms with Crippen LogP contribution in [0.25, 0.3) is 11.3 Å². The van der Waals surface area contributed by atoms with Gasteiger partial charge in [-0.2, -0.15) is 0 Å². The molecule has 2 bridgehead atoms. The molecule has 4 aromatic carbocycles. The molecule has 0 radical (unpaired) electrons. The van der Waals surface area contributed by atoms with Gasteiger partial charge in [0.05, 0.1) is 21.2 Å². The summed E-state index contributed by atoms with van der Waals surface area (Å²) in [7, 11) is 0. The summed E-state index contributed by atoms with van der Waals surface area (Å²) >= 11 is 13.7. The first-order valence-corrected chi connectivity index (χ1v) is 16.7. The normalized spacial score (nSPS) is 19.5. The smallest absolute Gasteiger partial charge is 0.254 e. The van der Waals surface area contributed by atoms with Gasteiger partial charge in [0.2, 0.25) is 5.91 Å². The number of nitrogens with one attached hydrogen (secondary N) is 1. The van der Waals surface area contributed by atoms with Gasteiger partial charge < -0.3 is 10.2 Å². The Morgan fingerprint density at radius 3 is 2.27 bits per heavy atom. The van der Waals surface area contributed by atoms with Crippen molar-refractivity contribution in [3.63, 3.8) is 0 Å². The number of aromatic nitrogens is 1. The molecule has 45 heavy (non-hydrogen) atoms. The first-order chi connectivity index (χ1) is 21.8. The highest BCUT2D eigenvalue weighted by atomic mass is 35.5. The van der Waals surface area contributed by atoms with Crippen LogP contribution in [0.1, 0.15) is 70.3 Å². The van der Waals surface area contributed by atoms with E-state index in [1.54, 1.807) is 17.0 Å². The molecule has 1 N–H and O–H groups in total. The quantitative estimate of drug-likeness (QED) is 0.191. The summed E-state index contributed by atoms with van der Waals surface area (Å²) in [6.07, 6.45) is 0.746. The topological polar surface area (TPSA) is 62.3 Å². The van der Waals surface area contributed by atoms with Crippen molar-refractivity contribution in [1.82, 2.24) is 9.88 Å². The lowest BCUT2D eigenvalue weighted by Gasteiger charge is -2.50. The molecule has 0 spiro atoms. The summed E-state index contributed by atoms with van der Waals surface area (Å²) in [5.41, 5.74) is 7.52. The highest BCUT2D eigenvalue weighted by molar-refractivity contribution is 7.14. The van der Waals surface area contributed by atoms with Crippen LogP contribution in [0.3, 0.4) is 0 Å². The van der Waals surface area contributed by atoms with Crippen molar-refractivity contribution in [2.45, 2.75) is 38.6 Å². The number of hydrogen-bond acceptors (Lipinski definition) is 4. The Labute approximate surface area is 276 Å². The van der Waals surface area contributed by atoms with Crippen molar-refractivity contribution < 1.29 is 9.59 Å². The van der Waals surface area contributed by atoms with Gasteiger partial charge in [-0.1, -0.05) is 89.9 Å². The van der Waals surface area contributed by atoms with E-state index in [0.717, 1.165) is 17.5 Å². The molecule has 2 amide bonds. The van der Waals surface area contributed by atoms with E-state index in [0.29, 0.717) is 39.5 Å². The van der Waals surface area contributed by atoms with E-state index in [-0.39, 0.29) is 23.7 Å². The molecule has 1 unspecified atom stereocenters. The fourth-order valence-corrected chi connectivity index (χ4v) is 8.11. The van der Waals surface area contributed by atoms with Crippen LogP contribution < -0.4 is 5.32 Å². The van der Waals surface area contributed by atoms with Crippen LogP contribution in [-0.4, -0.2) is 28.2 Å². The molecule has 0 saturated heterocycles. The number of fused-ring (bicyclic) bond motifs is 1. The minimum atomic E-state index is -0.622. The Balaban J connectivity index is 1.10. The third kappa shape index (κ3) is 5.25. The van der Waals surface area contributed by atoms with Gasteiger partial charge in [0.1, 0.15) is 0 Å². The van der Waals surface area contributed by atoms with Crippen LogP contribution in [0, 0.1) is 5.41 Å². The molecule has 5 nitrogen and oxygen atoms in total. The van der Waals surface area contributed by atoms with Gasteiger partial charge in [0.25, 0.3) is 5.91 Å². The number of nitrogens with zero attached hydrogens (tertiary/aromatic N) is 2. The molecule has 0 aliphatic heterocycles. The van der Waals surface area contributed by atoms with Crippen molar-refractivity contribution in [2.24, 2.45) is 5.41 Å². The second kappa shape index (κ2) is 11.8. The average molecular weight is 653 g/mol. The number of thiazole rings is 1. The molecule has 1 aromatic heterocycles. The summed E-state index contributed by atoms with van der Waals surface area (Å²) in [4.78, 5) is 34.1. The number of amides is 2. The maximum atomic E-state index is 14.1. The minimum absolute atomic E-state index is 0.0211. The molecule has 5 aromatic rings. The van der Waals surface area contributed by atoms with Gasteiger partial charge in [-0.3, -0.25) is 9.59 Å². The highest BCUT2D eigenvalue weighted by Gasteiger charge is 2.54. The van der Waals surface area contributed by atoms with E-state index in [4.69, 9.17) is 28.2 Å². The van der Waals surface area contributed by atoms with E-state index >= 15 is 0 Å². The molecule has 1 heterocycles. The molecule has 3 aliphatic carbocycles. The second-order valence-electron chi connectivity index (χ2n) is 12.0. The number of halogens is 2. The summed E-state index contributed by atoms with van der Waals surface area (Å²) in [5.74, 6) is 0.0503. The molecular weight excluding hydrogens is 621 g/mol. The Kier molecular flexibility index (Phi) is 7.76. The standard InChI is InChI=1S/C37H31Cl2N3O2S/c1-3-42(20-22-15-16-30(38)31(39)17-22)34(43)24-10-8-9-23(18-24)32-21-45-36(40-32)41-35(44)37(2)19-29-25-11-4-6-13-27(25)33(37)28-14-7-5-12-26(28)29/h4-18,21,29,33H,3,19-20H2,1-2H3,(H,40,41,44). The van der Waals surface area contributed by atoms with E-state index < -0.39 is 5.41 Å². The monoisotopic (exact) mass is 651 g/mol. The van der Waals surface area contributed by atoms with Gasteiger partial charge in [-0.25, -0.2) is 4.98 Å². The predicted molar refractivity (Wildman–Crippen MR) is 182 cm³/mol. The molecular formula is C37H31Cl2N3O2S. The van der Waals surface area contributed by atoms with Crippen LogP contribution in [0.2, 0.25) is 10.0 Å².